The lowest BCUT2D eigenvalue weighted by molar-refractivity contribution is 0.574. The topological polar surface area (TPSA) is 29.3 Å². The highest BCUT2D eigenvalue weighted by Crippen LogP contribution is 2.28. The molecule has 0 saturated heterocycles. The fourth-order valence-electron chi connectivity index (χ4n) is 1.73. The van der Waals surface area contributed by atoms with Crippen molar-refractivity contribution >= 4 is 28.1 Å². The SMILES string of the molecule is CCC(C)CSc1nc2sccn2c1CNC(C)C. The maximum Gasteiger partial charge on any atom is 0.194 e. The van der Waals surface area contributed by atoms with Crippen LogP contribution in [0.5, 0.6) is 0 Å². The van der Waals surface area contributed by atoms with E-state index in [0.717, 1.165) is 23.2 Å². The normalized spacial score (nSPS) is 13.5. The maximum atomic E-state index is 4.76. The summed E-state index contributed by atoms with van der Waals surface area (Å²) in [5.41, 5.74) is 1.30. The first-order valence-electron chi connectivity index (χ1n) is 6.92. The number of hydrogen-bond donors (Lipinski definition) is 1. The highest BCUT2D eigenvalue weighted by Gasteiger charge is 2.14. The van der Waals surface area contributed by atoms with E-state index in [1.165, 1.54) is 17.1 Å². The largest absolute Gasteiger partial charge is 0.309 e. The van der Waals surface area contributed by atoms with Gasteiger partial charge in [-0.25, -0.2) is 4.98 Å². The molecule has 106 valence electrons. The molecule has 2 aromatic heterocycles. The monoisotopic (exact) mass is 297 g/mol. The Balaban J connectivity index is 2.16. The molecule has 0 saturated carbocycles. The highest BCUT2D eigenvalue weighted by atomic mass is 32.2. The van der Waals surface area contributed by atoms with Gasteiger partial charge in [-0.1, -0.05) is 34.1 Å². The number of aromatic nitrogens is 2. The summed E-state index contributed by atoms with van der Waals surface area (Å²) in [4.78, 5) is 5.87. The van der Waals surface area contributed by atoms with Crippen molar-refractivity contribution in [1.82, 2.24) is 14.7 Å². The van der Waals surface area contributed by atoms with Gasteiger partial charge in [-0.2, -0.15) is 0 Å². The minimum Gasteiger partial charge on any atom is -0.309 e. The van der Waals surface area contributed by atoms with Crippen LogP contribution >= 0.6 is 23.1 Å². The first-order valence-corrected chi connectivity index (χ1v) is 8.79. The van der Waals surface area contributed by atoms with Crippen molar-refractivity contribution in [2.24, 2.45) is 5.92 Å². The molecule has 3 nitrogen and oxygen atoms in total. The molecule has 2 heterocycles. The molecule has 0 aliphatic rings. The Kier molecular flexibility index (Phi) is 5.30. The predicted octanol–water partition coefficient (Wildman–Crippen LogP) is 4.03. The molecule has 1 unspecified atom stereocenters. The molecule has 5 heteroatoms. The number of nitrogens with one attached hydrogen (secondary N) is 1. The van der Waals surface area contributed by atoms with Crippen LogP contribution in [0.15, 0.2) is 16.6 Å². The number of thiazole rings is 1. The molecule has 0 aliphatic heterocycles. The molecule has 19 heavy (non-hydrogen) atoms. The Morgan fingerprint density at radius 3 is 2.89 bits per heavy atom. The van der Waals surface area contributed by atoms with E-state index >= 15 is 0 Å². The van der Waals surface area contributed by atoms with E-state index in [9.17, 15) is 0 Å². The lowest BCUT2D eigenvalue weighted by Crippen LogP contribution is -2.22. The van der Waals surface area contributed by atoms with Crippen LogP contribution < -0.4 is 5.32 Å². The maximum absolute atomic E-state index is 4.76. The molecule has 2 aromatic rings. The average molecular weight is 297 g/mol. The minimum absolute atomic E-state index is 0.497. The van der Waals surface area contributed by atoms with Crippen molar-refractivity contribution in [2.45, 2.75) is 51.7 Å². The lowest BCUT2D eigenvalue weighted by Gasteiger charge is -2.10. The number of fused-ring (bicyclic) bond motifs is 1. The summed E-state index contributed by atoms with van der Waals surface area (Å²) in [6.07, 6.45) is 3.35. The summed E-state index contributed by atoms with van der Waals surface area (Å²) in [5.74, 6) is 1.89. The molecule has 0 aromatic carbocycles. The van der Waals surface area contributed by atoms with Gasteiger partial charge in [0.2, 0.25) is 0 Å². The van der Waals surface area contributed by atoms with Crippen LogP contribution in [0.25, 0.3) is 4.96 Å². The van der Waals surface area contributed by atoms with Gasteiger partial charge in [0.25, 0.3) is 0 Å². The van der Waals surface area contributed by atoms with Gasteiger partial charge in [-0.15, -0.1) is 23.1 Å². The molecule has 2 rings (SSSR count). The number of thioether (sulfide) groups is 1. The van der Waals surface area contributed by atoms with E-state index in [4.69, 9.17) is 4.98 Å². The van der Waals surface area contributed by atoms with Crippen LogP contribution in [-0.4, -0.2) is 21.2 Å². The number of imidazole rings is 1. The summed E-state index contributed by atoms with van der Waals surface area (Å²) < 4.78 is 2.22. The fourth-order valence-corrected chi connectivity index (χ4v) is 3.69. The summed E-state index contributed by atoms with van der Waals surface area (Å²) in [5, 5.41) is 6.80. The standard InChI is InChI=1S/C14H23N3S2/c1-5-11(4)9-19-13-12(8-15-10(2)3)17-6-7-18-14(17)16-13/h6-7,10-11,15H,5,8-9H2,1-4H3. The van der Waals surface area contributed by atoms with Gasteiger partial charge in [0.1, 0.15) is 5.03 Å². The second-order valence-electron chi connectivity index (χ2n) is 5.28. The zero-order valence-electron chi connectivity index (χ0n) is 12.1. The van der Waals surface area contributed by atoms with E-state index in [-0.39, 0.29) is 0 Å². The van der Waals surface area contributed by atoms with Crippen molar-refractivity contribution in [2.75, 3.05) is 5.75 Å². The zero-order valence-corrected chi connectivity index (χ0v) is 13.8. The smallest absolute Gasteiger partial charge is 0.194 e. The Morgan fingerprint density at radius 2 is 2.21 bits per heavy atom. The fraction of sp³-hybridized carbons (Fsp3) is 0.643. The van der Waals surface area contributed by atoms with Crippen LogP contribution in [0, 0.1) is 5.92 Å². The molecular weight excluding hydrogens is 274 g/mol. The third-order valence-electron chi connectivity index (χ3n) is 3.20. The van der Waals surface area contributed by atoms with Gasteiger partial charge in [-0.05, 0) is 5.92 Å². The van der Waals surface area contributed by atoms with E-state index in [2.05, 4.69) is 49.0 Å². The van der Waals surface area contributed by atoms with Crippen LogP contribution in [0.2, 0.25) is 0 Å². The van der Waals surface area contributed by atoms with E-state index in [1.54, 1.807) is 11.3 Å². The average Bonchev–Trinajstić information content (AvgIpc) is 2.93. The molecule has 0 aliphatic carbocycles. The van der Waals surface area contributed by atoms with Crippen LogP contribution in [0.3, 0.4) is 0 Å². The predicted molar refractivity (Wildman–Crippen MR) is 85.2 cm³/mol. The quantitative estimate of drug-likeness (QED) is 0.782. The van der Waals surface area contributed by atoms with Crippen molar-refractivity contribution in [3.05, 3.63) is 17.3 Å². The molecule has 0 fully saturated rings. The Labute approximate surface area is 123 Å². The summed E-state index contributed by atoms with van der Waals surface area (Å²) in [6, 6.07) is 0.497. The Bertz CT molecular complexity index is 516. The molecule has 0 radical (unpaired) electrons. The van der Waals surface area contributed by atoms with Gasteiger partial charge < -0.3 is 5.32 Å². The van der Waals surface area contributed by atoms with Crippen LogP contribution in [-0.2, 0) is 6.54 Å². The second-order valence-corrected chi connectivity index (χ2v) is 7.16. The number of rotatable bonds is 7. The van der Waals surface area contributed by atoms with Crippen molar-refractivity contribution < 1.29 is 0 Å². The highest BCUT2D eigenvalue weighted by molar-refractivity contribution is 7.99. The third kappa shape index (κ3) is 3.74. The van der Waals surface area contributed by atoms with Gasteiger partial charge in [0.15, 0.2) is 4.96 Å². The molecular formula is C14H23N3S2. The summed E-state index contributed by atoms with van der Waals surface area (Å²) in [7, 11) is 0. The zero-order chi connectivity index (χ0) is 13.8. The van der Waals surface area contributed by atoms with Gasteiger partial charge in [0.05, 0.1) is 5.69 Å². The van der Waals surface area contributed by atoms with Gasteiger partial charge >= 0.3 is 0 Å². The van der Waals surface area contributed by atoms with Gasteiger partial charge in [0, 0.05) is 29.9 Å². The van der Waals surface area contributed by atoms with E-state index in [0.29, 0.717) is 6.04 Å². The number of nitrogens with zero attached hydrogens (tertiary/aromatic N) is 2. The molecule has 1 N–H and O–H groups in total. The minimum atomic E-state index is 0.497. The van der Waals surface area contributed by atoms with E-state index < -0.39 is 0 Å². The molecule has 1 atom stereocenters. The van der Waals surface area contributed by atoms with E-state index in [1.807, 2.05) is 11.8 Å². The Hall–Kier alpha value is -0.520. The van der Waals surface area contributed by atoms with Crippen molar-refractivity contribution in [1.29, 1.82) is 0 Å². The van der Waals surface area contributed by atoms with Gasteiger partial charge in [-0.3, -0.25) is 4.40 Å². The second kappa shape index (κ2) is 6.77. The Morgan fingerprint density at radius 1 is 1.42 bits per heavy atom. The summed E-state index contributed by atoms with van der Waals surface area (Å²) >= 11 is 3.60. The molecule has 0 amide bonds. The first kappa shape index (κ1) is 14.9. The van der Waals surface area contributed by atoms with Crippen LogP contribution in [0.4, 0.5) is 0 Å². The van der Waals surface area contributed by atoms with Crippen LogP contribution in [0.1, 0.15) is 39.8 Å². The summed E-state index contributed by atoms with van der Waals surface area (Å²) in [6.45, 7) is 9.80. The lowest BCUT2D eigenvalue weighted by atomic mass is 10.2. The first-order chi connectivity index (χ1) is 9.11. The van der Waals surface area contributed by atoms with Crippen molar-refractivity contribution in [3.8, 4) is 0 Å². The third-order valence-corrected chi connectivity index (χ3v) is 5.30. The van der Waals surface area contributed by atoms with Crippen molar-refractivity contribution in [3.63, 3.8) is 0 Å². The molecule has 0 bridgehead atoms. The molecule has 0 spiro atoms. The number of hydrogen-bond acceptors (Lipinski definition) is 4.